The zero-order valence-electron chi connectivity index (χ0n) is 31.3. The minimum atomic E-state index is -4.64. The standard InChI is InChI=1S/C40H46BrClF3N7O3/c1-25-26(12-13-31-24-48-34-14-15-35(50-52(31)34)51-18-10-11-33(55-38(46)54)36(51)39(2,3)4)19-29(47-17-9-7-5-6-8-16-41)23-32(25)37(53)49-30-21-27(40(43,44)45)20-28(42)22-30/h14-15,19-24,33,36,47H,5-11,16-18H2,1-4H3,(H2,46,54)(H,49,53)/t33?,36-/m1/s1. The van der Waals surface area contributed by atoms with Gasteiger partial charge < -0.3 is 26.0 Å². The number of halogens is 5. The van der Waals surface area contributed by atoms with Crippen LogP contribution in [0.4, 0.5) is 35.2 Å². The minimum absolute atomic E-state index is 0.0822. The fourth-order valence-electron chi connectivity index (χ4n) is 6.94. The van der Waals surface area contributed by atoms with Crippen molar-refractivity contribution in [2.75, 3.05) is 34.0 Å². The molecule has 294 valence electrons. The molecule has 2 aromatic carbocycles. The number of primary amides is 1. The van der Waals surface area contributed by atoms with Gasteiger partial charge in [-0.15, -0.1) is 5.10 Å². The first-order chi connectivity index (χ1) is 26.0. The molecule has 10 nitrogen and oxygen atoms in total. The SMILES string of the molecule is Cc1c(C#Cc2cnc3ccc(N4CCCC(OC(N)=O)[C@@H]4C(C)(C)C)nn23)cc(NCCCCCCCBr)cc1C(=O)Nc1cc(Cl)cc(C(F)(F)F)c1. The summed E-state index contributed by atoms with van der Waals surface area (Å²) < 4.78 is 47.8. The first kappa shape index (κ1) is 41.7. The minimum Gasteiger partial charge on any atom is -0.444 e. The molecule has 1 aliphatic rings. The van der Waals surface area contributed by atoms with E-state index in [1.165, 1.54) is 6.07 Å². The summed E-state index contributed by atoms with van der Waals surface area (Å²) >= 11 is 9.46. The fourth-order valence-corrected chi connectivity index (χ4v) is 7.57. The fraction of sp³-hybridized carbons (Fsp3) is 0.450. The van der Waals surface area contributed by atoms with Crippen molar-refractivity contribution in [3.05, 3.63) is 81.6 Å². The molecule has 15 heteroatoms. The number of nitrogens with two attached hydrogens (primary N) is 1. The molecule has 0 spiro atoms. The number of anilines is 3. The van der Waals surface area contributed by atoms with Crippen LogP contribution >= 0.6 is 27.5 Å². The molecule has 4 N–H and O–H groups in total. The lowest BCUT2D eigenvalue weighted by Crippen LogP contribution is -2.57. The van der Waals surface area contributed by atoms with E-state index in [4.69, 9.17) is 27.2 Å². The van der Waals surface area contributed by atoms with Gasteiger partial charge in [-0.2, -0.15) is 13.2 Å². The summed E-state index contributed by atoms with van der Waals surface area (Å²) in [7, 11) is 0. The Labute approximate surface area is 332 Å². The number of rotatable bonds is 12. The van der Waals surface area contributed by atoms with Crippen molar-refractivity contribution in [1.29, 1.82) is 0 Å². The van der Waals surface area contributed by atoms with Crippen LogP contribution in [0.25, 0.3) is 5.65 Å². The van der Waals surface area contributed by atoms with Crippen molar-refractivity contribution in [2.45, 2.75) is 91.0 Å². The highest BCUT2D eigenvalue weighted by Gasteiger charge is 2.42. The number of nitrogens with one attached hydrogen (secondary N) is 2. The van der Waals surface area contributed by atoms with Crippen LogP contribution in [0, 0.1) is 24.2 Å². The number of imidazole rings is 1. The van der Waals surface area contributed by atoms with Crippen molar-refractivity contribution in [3.8, 4) is 11.8 Å². The van der Waals surface area contributed by atoms with E-state index in [9.17, 15) is 22.8 Å². The molecule has 0 radical (unpaired) electrons. The third-order valence-corrected chi connectivity index (χ3v) is 10.3. The number of hydrogen-bond donors (Lipinski definition) is 3. The summed E-state index contributed by atoms with van der Waals surface area (Å²) in [6.07, 6.45) is 2.54. The number of piperidine rings is 1. The molecule has 5 rings (SSSR count). The number of benzene rings is 2. The number of carbonyl (C=O) groups is 2. The molecule has 0 saturated carbocycles. The third-order valence-electron chi connectivity index (χ3n) is 9.47. The Balaban J connectivity index is 1.48. The molecule has 2 amide bonds. The first-order valence-corrected chi connectivity index (χ1v) is 19.8. The molecule has 1 fully saturated rings. The topological polar surface area (TPSA) is 127 Å². The molecule has 55 heavy (non-hydrogen) atoms. The number of alkyl halides is 4. The smallest absolute Gasteiger partial charge is 0.416 e. The van der Waals surface area contributed by atoms with Crippen molar-refractivity contribution < 1.29 is 27.5 Å². The second kappa shape index (κ2) is 18.0. The second-order valence-electron chi connectivity index (χ2n) is 14.7. The van der Waals surface area contributed by atoms with E-state index >= 15 is 0 Å². The van der Waals surface area contributed by atoms with Crippen molar-refractivity contribution in [3.63, 3.8) is 0 Å². The molecular formula is C40H46BrClF3N7O3. The molecule has 0 aliphatic carbocycles. The lowest BCUT2D eigenvalue weighted by molar-refractivity contribution is -0.137. The number of carbonyl (C=O) groups excluding carboxylic acids is 2. The molecule has 1 unspecified atom stereocenters. The zero-order valence-corrected chi connectivity index (χ0v) is 33.7. The van der Waals surface area contributed by atoms with Gasteiger partial charge in [0.05, 0.1) is 17.8 Å². The molecular weight excluding hydrogens is 799 g/mol. The maximum atomic E-state index is 13.7. The van der Waals surface area contributed by atoms with Gasteiger partial charge in [0.15, 0.2) is 5.65 Å². The van der Waals surface area contributed by atoms with Crippen LogP contribution in [0.3, 0.4) is 0 Å². The maximum absolute atomic E-state index is 13.7. The third kappa shape index (κ3) is 10.9. The average Bonchev–Trinajstić information content (AvgIpc) is 3.51. The van der Waals surface area contributed by atoms with Crippen molar-refractivity contribution in [2.24, 2.45) is 11.1 Å². The number of amides is 2. The number of ether oxygens (including phenoxy) is 1. The predicted molar refractivity (Wildman–Crippen MR) is 214 cm³/mol. The van der Waals surface area contributed by atoms with Crippen LogP contribution in [0.2, 0.25) is 5.02 Å². The maximum Gasteiger partial charge on any atom is 0.416 e. The Morgan fingerprint density at radius 3 is 2.49 bits per heavy atom. The molecule has 3 heterocycles. The van der Waals surface area contributed by atoms with Gasteiger partial charge in [-0.25, -0.2) is 14.3 Å². The largest absolute Gasteiger partial charge is 0.444 e. The highest BCUT2D eigenvalue weighted by Crippen LogP contribution is 2.37. The van der Waals surface area contributed by atoms with E-state index in [1.807, 2.05) is 18.2 Å². The van der Waals surface area contributed by atoms with Gasteiger partial charge >= 0.3 is 12.3 Å². The van der Waals surface area contributed by atoms with E-state index in [-0.39, 0.29) is 27.7 Å². The lowest BCUT2D eigenvalue weighted by atomic mass is 9.78. The Hall–Kier alpha value is -4.48. The Bertz CT molecular complexity index is 2070. The molecule has 4 aromatic rings. The van der Waals surface area contributed by atoms with Gasteiger partial charge in [0.1, 0.15) is 17.6 Å². The Morgan fingerprint density at radius 2 is 1.78 bits per heavy atom. The molecule has 1 saturated heterocycles. The zero-order chi connectivity index (χ0) is 39.9. The molecule has 0 bridgehead atoms. The Kier molecular flexibility index (Phi) is 13.6. The summed E-state index contributed by atoms with van der Waals surface area (Å²) in [5, 5.41) is 11.7. The summed E-state index contributed by atoms with van der Waals surface area (Å²) in [4.78, 5) is 32.1. The first-order valence-electron chi connectivity index (χ1n) is 18.3. The van der Waals surface area contributed by atoms with Crippen molar-refractivity contribution >= 4 is 62.4 Å². The van der Waals surface area contributed by atoms with E-state index in [0.29, 0.717) is 53.5 Å². The van der Waals surface area contributed by atoms with Crippen LogP contribution < -0.4 is 21.3 Å². The summed E-state index contributed by atoms with van der Waals surface area (Å²) in [5.41, 5.74) is 7.14. The number of fused-ring (bicyclic) bond motifs is 1. The average molecular weight is 845 g/mol. The highest BCUT2D eigenvalue weighted by atomic mass is 79.9. The van der Waals surface area contributed by atoms with Crippen LogP contribution in [-0.2, 0) is 10.9 Å². The number of nitrogens with zero attached hydrogens (tertiary/aromatic N) is 4. The van der Waals surface area contributed by atoms with Crippen LogP contribution in [0.1, 0.15) is 98.5 Å². The van der Waals surface area contributed by atoms with Gasteiger partial charge in [-0.1, -0.05) is 73.5 Å². The quantitative estimate of drug-likeness (QED) is 0.0737. The van der Waals surface area contributed by atoms with Gasteiger partial charge in [-0.05, 0) is 92.0 Å². The van der Waals surface area contributed by atoms with Gasteiger partial charge in [0.2, 0.25) is 0 Å². The Morgan fingerprint density at radius 1 is 1.04 bits per heavy atom. The van der Waals surface area contributed by atoms with Crippen molar-refractivity contribution in [1.82, 2.24) is 14.6 Å². The van der Waals surface area contributed by atoms with E-state index in [1.54, 1.807) is 23.7 Å². The van der Waals surface area contributed by atoms with Gasteiger partial charge in [0, 0.05) is 45.9 Å². The lowest BCUT2D eigenvalue weighted by Gasteiger charge is -2.47. The summed E-state index contributed by atoms with van der Waals surface area (Å²) in [5.74, 6) is 6.43. The van der Waals surface area contributed by atoms with Crippen LogP contribution in [-0.4, -0.2) is 57.2 Å². The summed E-state index contributed by atoms with van der Waals surface area (Å²) in [6.45, 7) is 9.35. The normalized spacial score (nSPS) is 16.1. The van der Waals surface area contributed by atoms with Gasteiger partial charge in [0.25, 0.3) is 5.91 Å². The van der Waals surface area contributed by atoms with E-state index < -0.39 is 29.8 Å². The van der Waals surface area contributed by atoms with Gasteiger partial charge in [-0.3, -0.25) is 4.79 Å². The highest BCUT2D eigenvalue weighted by molar-refractivity contribution is 9.09. The monoisotopic (exact) mass is 843 g/mol. The van der Waals surface area contributed by atoms with E-state index in [0.717, 1.165) is 56.0 Å². The summed E-state index contributed by atoms with van der Waals surface area (Å²) in [6, 6.07) is 10.0. The number of hydrogen-bond acceptors (Lipinski definition) is 7. The van der Waals surface area contributed by atoms with Crippen LogP contribution in [0.5, 0.6) is 0 Å². The second-order valence-corrected chi connectivity index (χ2v) is 16.0. The molecule has 2 atom stereocenters. The van der Waals surface area contributed by atoms with E-state index in [2.05, 4.69) is 69.1 Å². The van der Waals surface area contributed by atoms with Crippen LogP contribution in [0.15, 0.2) is 48.7 Å². The number of unbranched alkanes of at least 4 members (excludes halogenated alkanes) is 4. The number of aromatic nitrogens is 3. The molecule has 1 aliphatic heterocycles. The predicted octanol–water partition coefficient (Wildman–Crippen LogP) is 9.60. The molecule has 2 aromatic heterocycles.